The number of amides is 1. The fourth-order valence-corrected chi connectivity index (χ4v) is 3.35. The molecule has 1 aliphatic heterocycles. The van der Waals surface area contributed by atoms with E-state index in [0.29, 0.717) is 18.7 Å². The van der Waals surface area contributed by atoms with Crippen LogP contribution in [0.3, 0.4) is 0 Å². The highest BCUT2D eigenvalue weighted by Crippen LogP contribution is 2.25. The molecular formula is C22H26N2O3. The molecule has 1 N–H and O–H groups in total. The third-order valence-corrected chi connectivity index (χ3v) is 4.98. The minimum Gasteiger partial charge on any atom is -0.494 e. The summed E-state index contributed by atoms with van der Waals surface area (Å²) in [6.07, 6.45) is 0.905. The van der Waals surface area contributed by atoms with Crippen LogP contribution in [0.5, 0.6) is 5.75 Å². The van der Waals surface area contributed by atoms with Crippen molar-refractivity contribution in [3.05, 3.63) is 65.2 Å². The summed E-state index contributed by atoms with van der Waals surface area (Å²) in [6.45, 7) is 6.04. The molecule has 5 nitrogen and oxygen atoms in total. The van der Waals surface area contributed by atoms with E-state index in [1.54, 1.807) is 12.1 Å². The Morgan fingerprint density at radius 1 is 1.15 bits per heavy atom. The van der Waals surface area contributed by atoms with Crippen LogP contribution in [-0.4, -0.2) is 42.3 Å². The Kier molecular flexibility index (Phi) is 6.24. The van der Waals surface area contributed by atoms with Crippen molar-refractivity contribution < 1.29 is 14.3 Å². The summed E-state index contributed by atoms with van der Waals surface area (Å²) in [4.78, 5) is 26.8. The summed E-state index contributed by atoms with van der Waals surface area (Å²) in [7, 11) is 0. The van der Waals surface area contributed by atoms with Crippen LogP contribution in [0.1, 0.15) is 35.3 Å². The highest BCUT2D eigenvalue weighted by molar-refractivity contribution is 5.99. The van der Waals surface area contributed by atoms with Crippen molar-refractivity contribution in [2.75, 3.05) is 19.7 Å². The summed E-state index contributed by atoms with van der Waals surface area (Å²) in [5.41, 5.74) is 3.12. The molecule has 1 atom stereocenters. The summed E-state index contributed by atoms with van der Waals surface area (Å²) < 4.78 is 5.59. The van der Waals surface area contributed by atoms with Crippen molar-refractivity contribution in [3.8, 4) is 5.75 Å². The molecule has 142 valence electrons. The van der Waals surface area contributed by atoms with Crippen LogP contribution in [0, 0.1) is 0 Å². The zero-order valence-electron chi connectivity index (χ0n) is 15.9. The fourth-order valence-electron chi connectivity index (χ4n) is 3.35. The lowest BCUT2D eigenvalue weighted by molar-refractivity contribution is -0.126. The third kappa shape index (κ3) is 4.74. The maximum atomic E-state index is 12.5. The topological polar surface area (TPSA) is 58.6 Å². The minimum atomic E-state index is -0.294. The fraction of sp³-hybridized carbons (Fsp3) is 0.364. The van der Waals surface area contributed by atoms with Crippen LogP contribution < -0.4 is 10.1 Å². The van der Waals surface area contributed by atoms with Gasteiger partial charge in [0.25, 0.3) is 0 Å². The second kappa shape index (κ2) is 8.82. The van der Waals surface area contributed by atoms with Crippen LogP contribution in [-0.2, 0) is 17.8 Å². The van der Waals surface area contributed by atoms with E-state index in [1.807, 2.05) is 38.1 Å². The van der Waals surface area contributed by atoms with E-state index in [1.165, 1.54) is 11.1 Å². The summed E-state index contributed by atoms with van der Waals surface area (Å²) in [6, 6.07) is 14.9. The third-order valence-electron chi connectivity index (χ3n) is 4.98. The maximum Gasteiger partial charge on any atom is 0.237 e. The van der Waals surface area contributed by atoms with Crippen LogP contribution in [0.15, 0.2) is 48.5 Å². The molecule has 1 aliphatic rings. The Morgan fingerprint density at radius 2 is 1.93 bits per heavy atom. The molecule has 0 unspecified atom stereocenters. The van der Waals surface area contributed by atoms with Gasteiger partial charge in [-0.25, -0.2) is 0 Å². The first-order valence-electron chi connectivity index (χ1n) is 9.43. The molecule has 0 saturated heterocycles. The van der Waals surface area contributed by atoms with Crippen molar-refractivity contribution in [2.45, 2.75) is 32.9 Å². The standard InChI is InChI=1S/C22H26N2O3/c1-3-27-20-10-9-17-11-12-24(15-19(17)13-20)16(2)22(26)23-14-21(25)18-7-5-4-6-8-18/h4-10,13,16H,3,11-12,14-15H2,1-2H3,(H,23,26)/t16-/m1/s1. The molecule has 2 aromatic rings. The van der Waals surface area contributed by atoms with Crippen molar-refractivity contribution in [1.29, 1.82) is 0 Å². The smallest absolute Gasteiger partial charge is 0.237 e. The minimum absolute atomic E-state index is 0.0199. The number of nitrogens with zero attached hydrogens (tertiary/aromatic N) is 1. The van der Waals surface area contributed by atoms with Gasteiger partial charge in [-0.3, -0.25) is 14.5 Å². The second-order valence-corrected chi connectivity index (χ2v) is 6.77. The second-order valence-electron chi connectivity index (χ2n) is 6.77. The molecule has 0 fully saturated rings. The first kappa shape index (κ1) is 19.1. The highest BCUT2D eigenvalue weighted by Gasteiger charge is 2.25. The Bertz CT molecular complexity index is 804. The van der Waals surface area contributed by atoms with Gasteiger partial charge in [-0.1, -0.05) is 36.4 Å². The van der Waals surface area contributed by atoms with Crippen molar-refractivity contribution in [1.82, 2.24) is 10.2 Å². The molecule has 0 aromatic heterocycles. The van der Waals surface area contributed by atoms with Crippen molar-refractivity contribution >= 4 is 11.7 Å². The van der Waals surface area contributed by atoms with Crippen LogP contribution in [0.25, 0.3) is 0 Å². The van der Waals surface area contributed by atoms with Gasteiger partial charge in [-0.15, -0.1) is 0 Å². The number of ketones is 1. The van der Waals surface area contributed by atoms with E-state index < -0.39 is 0 Å². The summed E-state index contributed by atoms with van der Waals surface area (Å²) in [5, 5.41) is 2.78. The largest absolute Gasteiger partial charge is 0.494 e. The van der Waals surface area contributed by atoms with Gasteiger partial charge in [-0.2, -0.15) is 0 Å². The molecule has 3 rings (SSSR count). The summed E-state index contributed by atoms with van der Waals surface area (Å²) in [5.74, 6) is 0.661. The first-order chi connectivity index (χ1) is 13.1. The molecule has 2 aromatic carbocycles. The molecule has 27 heavy (non-hydrogen) atoms. The first-order valence-corrected chi connectivity index (χ1v) is 9.43. The van der Waals surface area contributed by atoms with Crippen LogP contribution in [0.4, 0.5) is 0 Å². The lowest BCUT2D eigenvalue weighted by atomic mass is 9.98. The Morgan fingerprint density at radius 3 is 2.67 bits per heavy atom. The molecule has 0 radical (unpaired) electrons. The van der Waals surface area contributed by atoms with Gasteiger partial charge < -0.3 is 10.1 Å². The average molecular weight is 366 g/mol. The predicted octanol–water partition coefficient (Wildman–Crippen LogP) is 2.83. The lowest BCUT2D eigenvalue weighted by Gasteiger charge is -2.33. The molecular weight excluding hydrogens is 340 g/mol. The lowest BCUT2D eigenvalue weighted by Crippen LogP contribution is -2.48. The van der Waals surface area contributed by atoms with E-state index >= 15 is 0 Å². The molecule has 1 heterocycles. The molecule has 0 spiro atoms. The van der Waals surface area contributed by atoms with Gasteiger partial charge in [0.15, 0.2) is 5.78 Å². The number of fused-ring (bicyclic) bond motifs is 1. The van der Waals surface area contributed by atoms with Gasteiger partial charge >= 0.3 is 0 Å². The van der Waals surface area contributed by atoms with Crippen LogP contribution in [0.2, 0.25) is 0 Å². The van der Waals surface area contributed by atoms with Gasteiger partial charge in [-0.05, 0) is 43.5 Å². The predicted molar refractivity (Wildman–Crippen MR) is 105 cm³/mol. The van der Waals surface area contributed by atoms with Gasteiger partial charge in [0.2, 0.25) is 5.91 Å². The SMILES string of the molecule is CCOc1ccc2c(c1)CN([C@H](C)C(=O)NCC(=O)c1ccccc1)CC2. The molecule has 0 bridgehead atoms. The Labute approximate surface area is 160 Å². The zero-order valence-corrected chi connectivity index (χ0v) is 15.9. The normalized spacial score (nSPS) is 14.9. The van der Waals surface area contributed by atoms with Crippen molar-refractivity contribution in [2.24, 2.45) is 0 Å². The number of carbonyl (C=O) groups excluding carboxylic acids is 2. The van der Waals surface area contributed by atoms with Gasteiger partial charge in [0, 0.05) is 18.7 Å². The van der Waals surface area contributed by atoms with Crippen LogP contribution >= 0.6 is 0 Å². The molecule has 0 aliphatic carbocycles. The molecule has 5 heteroatoms. The van der Waals surface area contributed by atoms with Crippen molar-refractivity contribution in [3.63, 3.8) is 0 Å². The molecule has 0 saturated carbocycles. The number of benzene rings is 2. The van der Waals surface area contributed by atoms with E-state index in [2.05, 4.69) is 22.3 Å². The highest BCUT2D eigenvalue weighted by atomic mass is 16.5. The monoisotopic (exact) mass is 366 g/mol. The summed E-state index contributed by atoms with van der Waals surface area (Å²) >= 11 is 0. The average Bonchev–Trinajstić information content (AvgIpc) is 2.71. The molecule has 1 amide bonds. The Balaban J connectivity index is 1.57. The Hall–Kier alpha value is -2.66. The zero-order chi connectivity index (χ0) is 19.2. The number of carbonyl (C=O) groups is 2. The van der Waals surface area contributed by atoms with E-state index in [4.69, 9.17) is 4.74 Å². The maximum absolute atomic E-state index is 12.5. The quantitative estimate of drug-likeness (QED) is 0.766. The van der Waals surface area contributed by atoms with E-state index in [-0.39, 0.29) is 24.3 Å². The number of rotatable bonds is 7. The van der Waals surface area contributed by atoms with Gasteiger partial charge in [0.1, 0.15) is 5.75 Å². The number of ether oxygens (including phenoxy) is 1. The number of hydrogen-bond donors (Lipinski definition) is 1. The number of hydrogen-bond acceptors (Lipinski definition) is 4. The number of Topliss-reactive ketones (excluding diaryl/α,β-unsaturated/α-hetero) is 1. The van der Waals surface area contributed by atoms with E-state index in [9.17, 15) is 9.59 Å². The number of nitrogens with one attached hydrogen (secondary N) is 1. The van der Waals surface area contributed by atoms with Gasteiger partial charge in [0.05, 0.1) is 19.2 Å². The van der Waals surface area contributed by atoms with E-state index in [0.717, 1.165) is 18.7 Å².